The number of ketones is 1. The number of aromatic nitrogens is 2. The minimum atomic E-state index is -0.146. The molecule has 1 aromatic carbocycles. The molecule has 1 amide bonds. The van der Waals surface area contributed by atoms with E-state index in [9.17, 15) is 14.4 Å². The van der Waals surface area contributed by atoms with Crippen molar-refractivity contribution in [3.8, 4) is 0 Å². The van der Waals surface area contributed by atoms with Gasteiger partial charge in [0, 0.05) is 23.0 Å². The predicted octanol–water partition coefficient (Wildman–Crippen LogP) is 4.56. The lowest BCUT2D eigenvalue weighted by molar-refractivity contribution is 0.0705. The van der Waals surface area contributed by atoms with Gasteiger partial charge < -0.3 is 9.32 Å². The fraction of sp³-hybridized carbons (Fsp3) is 0.280. The van der Waals surface area contributed by atoms with E-state index >= 15 is 0 Å². The minimum absolute atomic E-state index is 0.0137. The van der Waals surface area contributed by atoms with Gasteiger partial charge in [-0.15, -0.1) is 11.3 Å². The monoisotopic (exact) mass is 491 g/mol. The first-order chi connectivity index (χ1) is 16.6. The molecule has 172 valence electrons. The minimum Gasteiger partial charge on any atom is -0.459 e. The molecule has 1 saturated carbocycles. The number of Topliss-reactive ketones (excluding diaryl/α,β-unsaturated/α-hetero) is 1. The van der Waals surface area contributed by atoms with E-state index in [-0.39, 0.29) is 29.0 Å². The van der Waals surface area contributed by atoms with Gasteiger partial charge in [-0.25, -0.2) is 4.98 Å². The average molecular weight is 492 g/mol. The number of fused-ring (bicyclic) bond motifs is 3. The lowest BCUT2D eigenvalue weighted by Crippen LogP contribution is -2.35. The highest BCUT2D eigenvalue weighted by Crippen LogP contribution is 2.39. The van der Waals surface area contributed by atoms with Gasteiger partial charge in [-0.2, -0.15) is 0 Å². The first kappa shape index (κ1) is 21.4. The van der Waals surface area contributed by atoms with Crippen molar-refractivity contribution in [2.45, 2.75) is 37.0 Å². The van der Waals surface area contributed by atoms with Crippen molar-refractivity contribution in [1.29, 1.82) is 0 Å². The second kappa shape index (κ2) is 8.56. The first-order valence-electron chi connectivity index (χ1n) is 11.2. The number of furan rings is 1. The molecule has 0 radical (unpaired) electrons. The van der Waals surface area contributed by atoms with Crippen LogP contribution in [0, 0.1) is 0 Å². The van der Waals surface area contributed by atoms with Crippen LogP contribution in [0.15, 0.2) is 63.1 Å². The van der Waals surface area contributed by atoms with E-state index in [1.165, 1.54) is 29.4 Å². The molecule has 9 heteroatoms. The maximum Gasteiger partial charge on any atom is 0.289 e. The van der Waals surface area contributed by atoms with Gasteiger partial charge in [0.2, 0.25) is 0 Å². The van der Waals surface area contributed by atoms with E-state index in [2.05, 4.69) is 0 Å². The van der Waals surface area contributed by atoms with Crippen LogP contribution in [0.3, 0.4) is 0 Å². The fourth-order valence-electron chi connectivity index (χ4n) is 4.36. The number of benzene rings is 1. The molecule has 4 heterocycles. The Bertz CT molecular complexity index is 1450. The number of hydrogen-bond acceptors (Lipinski definition) is 7. The molecule has 4 aromatic rings. The van der Waals surface area contributed by atoms with Crippen LogP contribution in [0.1, 0.15) is 50.2 Å². The fourth-order valence-corrected chi connectivity index (χ4v) is 6.60. The number of thiophene rings is 1. The molecule has 3 aromatic heterocycles. The van der Waals surface area contributed by atoms with Crippen molar-refractivity contribution >= 4 is 45.0 Å². The summed E-state index contributed by atoms with van der Waals surface area (Å²) in [6.07, 6.45) is 4.01. The van der Waals surface area contributed by atoms with Crippen molar-refractivity contribution in [3.63, 3.8) is 0 Å². The summed E-state index contributed by atoms with van der Waals surface area (Å²) in [5, 5.41) is 1.28. The topological polar surface area (TPSA) is 85.4 Å². The third kappa shape index (κ3) is 3.78. The average Bonchev–Trinajstić information content (AvgIpc) is 3.40. The Morgan fingerprint density at radius 3 is 2.71 bits per heavy atom. The van der Waals surface area contributed by atoms with Gasteiger partial charge in [0.05, 0.1) is 23.9 Å². The smallest absolute Gasteiger partial charge is 0.289 e. The molecular weight excluding hydrogens is 470 g/mol. The largest absolute Gasteiger partial charge is 0.459 e. The zero-order valence-corrected chi connectivity index (χ0v) is 19.9. The molecule has 0 saturated heterocycles. The Hall–Kier alpha value is -3.17. The Balaban J connectivity index is 1.32. The molecule has 1 aliphatic carbocycles. The summed E-state index contributed by atoms with van der Waals surface area (Å²) in [4.78, 5) is 47.3. The third-order valence-corrected chi connectivity index (χ3v) is 8.30. The van der Waals surface area contributed by atoms with Gasteiger partial charge in [-0.05, 0) is 37.0 Å². The zero-order valence-electron chi connectivity index (χ0n) is 18.2. The Kier molecular flexibility index (Phi) is 5.38. The lowest BCUT2D eigenvalue weighted by Gasteiger charge is -2.26. The number of amides is 1. The number of rotatable bonds is 6. The van der Waals surface area contributed by atoms with E-state index in [0.29, 0.717) is 46.2 Å². The SMILES string of the molecule is O=C(CSc1nc2sc3c(c2c(=O)n1C1CC1)CCN(C(=O)c1ccco1)C3)c1ccccc1. The molecule has 34 heavy (non-hydrogen) atoms. The van der Waals surface area contributed by atoms with Gasteiger partial charge in [0.25, 0.3) is 11.5 Å². The van der Waals surface area contributed by atoms with E-state index in [4.69, 9.17) is 9.40 Å². The van der Waals surface area contributed by atoms with E-state index in [1.54, 1.807) is 33.7 Å². The molecule has 1 aliphatic heterocycles. The standard InChI is InChI=1S/C25H21N3O4S2/c29-18(15-5-2-1-3-6-15)14-33-25-26-22-21(24(31)28(25)16-8-9-16)17-10-11-27(13-20(17)34-22)23(30)19-7-4-12-32-19/h1-7,12,16H,8-11,13-14H2. The van der Waals surface area contributed by atoms with Crippen LogP contribution in [0.2, 0.25) is 0 Å². The highest BCUT2D eigenvalue weighted by molar-refractivity contribution is 7.99. The maximum atomic E-state index is 13.6. The second-order valence-corrected chi connectivity index (χ2v) is 10.5. The summed E-state index contributed by atoms with van der Waals surface area (Å²) >= 11 is 2.80. The molecule has 6 rings (SSSR count). The number of thioether (sulfide) groups is 1. The molecular formula is C25H21N3O4S2. The summed E-state index contributed by atoms with van der Waals surface area (Å²) in [5.41, 5.74) is 1.64. The normalized spacial score (nSPS) is 15.5. The van der Waals surface area contributed by atoms with Crippen molar-refractivity contribution in [2.75, 3.05) is 12.3 Å². The van der Waals surface area contributed by atoms with Crippen molar-refractivity contribution < 1.29 is 14.0 Å². The number of hydrogen-bond donors (Lipinski definition) is 0. The van der Waals surface area contributed by atoms with E-state index in [0.717, 1.165) is 23.3 Å². The quantitative estimate of drug-likeness (QED) is 0.223. The molecule has 2 aliphatic rings. The molecule has 0 N–H and O–H groups in total. The Labute approximate surface area is 203 Å². The van der Waals surface area contributed by atoms with Crippen LogP contribution in [-0.2, 0) is 13.0 Å². The maximum absolute atomic E-state index is 13.6. The summed E-state index contributed by atoms with van der Waals surface area (Å²) in [7, 11) is 0. The van der Waals surface area contributed by atoms with Crippen molar-refractivity contribution in [2.24, 2.45) is 0 Å². The van der Waals surface area contributed by atoms with Crippen LogP contribution >= 0.6 is 23.1 Å². The highest BCUT2D eigenvalue weighted by Gasteiger charge is 2.32. The summed E-state index contributed by atoms with van der Waals surface area (Å²) in [5.74, 6) is 0.415. The van der Waals surface area contributed by atoms with Gasteiger partial charge in [-0.1, -0.05) is 42.1 Å². The van der Waals surface area contributed by atoms with Crippen LogP contribution < -0.4 is 5.56 Å². The number of nitrogens with zero attached hydrogens (tertiary/aromatic N) is 3. The predicted molar refractivity (Wildman–Crippen MR) is 131 cm³/mol. The summed E-state index contributed by atoms with van der Waals surface area (Å²) in [6, 6.07) is 12.7. The van der Waals surface area contributed by atoms with Gasteiger partial charge in [0.15, 0.2) is 16.7 Å². The van der Waals surface area contributed by atoms with E-state index < -0.39 is 0 Å². The Morgan fingerprint density at radius 1 is 1.15 bits per heavy atom. The highest BCUT2D eigenvalue weighted by atomic mass is 32.2. The van der Waals surface area contributed by atoms with Gasteiger partial charge in [0.1, 0.15) is 4.83 Å². The molecule has 0 bridgehead atoms. The number of carbonyl (C=O) groups excluding carboxylic acids is 2. The van der Waals surface area contributed by atoms with Gasteiger partial charge >= 0.3 is 0 Å². The third-order valence-electron chi connectivity index (χ3n) is 6.23. The summed E-state index contributed by atoms with van der Waals surface area (Å²) < 4.78 is 7.06. The second-order valence-electron chi connectivity index (χ2n) is 8.52. The van der Waals surface area contributed by atoms with Crippen LogP contribution in [0.4, 0.5) is 0 Å². The molecule has 7 nitrogen and oxygen atoms in total. The van der Waals surface area contributed by atoms with Crippen LogP contribution in [-0.4, -0.2) is 38.4 Å². The van der Waals surface area contributed by atoms with Crippen LogP contribution in [0.5, 0.6) is 0 Å². The van der Waals surface area contributed by atoms with Crippen molar-refractivity contribution in [1.82, 2.24) is 14.5 Å². The number of carbonyl (C=O) groups is 2. The lowest BCUT2D eigenvalue weighted by atomic mass is 10.1. The zero-order chi connectivity index (χ0) is 23.2. The van der Waals surface area contributed by atoms with Crippen molar-refractivity contribution in [3.05, 3.63) is 80.8 Å². The van der Waals surface area contributed by atoms with Crippen LogP contribution in [0.25, 0.3) is 10.2 Å². The van der Waals surface area contributed by atoms with E-state index in [1.807, 2.05) is 18.2 Å². The molecule has 1 fully saturated rings. The van der Waals surface area contributed by atoms with Gasteiger partial charge in [-0.3, -0.25) is 19.0 Å². The molecule has 0 atom stereocenters. The Morgan fingerprint density at radius 2 is 1.97 bits per heavy atom. The molecule has 0 unspecified atom stereocenters. The first-order valence-corrected chi connectivity index (χ1v) is 13.0. The summed E-state index contributed by atoms with van der Waals surface area (Å²) in [6.45, 7) is 0.969. The molecule has 0 spiro atoms.